The second kappa shape index (κ2) is 9.05. The van der Waals surface area contributed by atoms with Crippen LogP contribution in [0, 0.1) is 0 Å². The summed E-state index contributed by atoms with van der Waals surface area (Å²) in [6, 6.07) is 48.1. The van der Waals surface area contributed by atoms with Crippen molar-refractivity contribution in [1.29, 1.82) is 0 Å². The Balaban J connectivity index is 1.33. The van der Waals surface area contributed by atoms with Crippen molar-refractivity contribution in [2.45, 2.75) is 0 Å². The summed E-state index contributed by atoms with van der Waals surface area (Å²) in [6.45, 7) is 0. The molecule has 10 aromatic rings. The predicted molar refractivity (Wildman–Crippen MR) is 190 cm³/mol. The van der Waals surface area contributed by atoms with Crippen molar-refractivity contribution in [3.05, 3.63) is 140 Å². The molecule has 0 atom stereocenters. The summed E-state index contributed by atoms with van der Waals surface area (Å²) in [5.41, 5.74) is 8.39. The summed E-state index contributed by atoms with van der Waals surface area (Å²) in [5, 5.41) is 7.70. The largest absolute Gasteiger partial charge is 0.455 e. The molecule has 0 amide bonds. The van der Waals surface area contributed by atoms with Crippen LogP contribution in [0.1, 0.15) is 0 Å². The van der Waals surface area contributed by atoms with Gasteiger partial charge in [-0.1, -0.05) is 103 Å². The minimum Gasteiger partial charge on any atom is -0.455 e. The number of nitrogens with zero attached hydrogens (tertiary/aromatic N) is 3. The zero-order chi connectivity index (χ0) is 30.6. The fourth-order valence-corrected chi connectivity index (χ4v) is 7.62. The average molecular weight is 602 g/mol. The lowest BCUT2D eigenvalue weighted by atomic mass is 9.96. The van der Waals surface area contributed by atoms with Crippen LogP contribution in [0.15, 0.2) is 144 Å². The van der Waals surface area contributed by atoms with Gasteiger partial charge in [0.15, 0.2) is 5.58 Å². The summed E-state index contributed by atoms with van der Waals surface area (Å²) < 4.78 is 15.6. The number of rotatable bonds is 2. The lowest BCUT2D eigenvalue weighted by Crippen LogP contribution is -2.07. The third kappa shape index (κ3) is 3.27. The molecule has 0 fully saturated rings. The van der Waals surface area contributed by atoms with Gasteiger partial charge in [0, 0.05) is 32.7 Å². The van der Waals surface area contributed by atoms with Gasteiger partial charge in [0.05, 0.1) is 22.1 Å². The molecule has 0 saturated heterocycles. The number of furan rings is 1. The zero-order valence-corrected chi connectivity index (χ0v) is 24.9. The van der Waals surface area contributed by atoms with Crippen LogP contribution in [0.5, 0.6) is 11.5 Å². The molecule has 1 aliphatic heterocycles. The maximum Gasteiger partial charge on any atom is 0.235 e. The van der Waals surface area contributed by atoms with Crippen molar-refractivity contribution < 1.29 is 9.15 Å². The number of hydrogen-bond acceptors (Lipinski definition) is 4. The highest BCUT2D eigenvalue weighted by Crippen LogP contribution is 2.50. The van der Waals surface area contributed by atoms with Gasteiger partial charge in [0.1, 0.15) is 22.6 Å². The normalized spacial score (nSPS) is 12.4. The van der Waals surface area contributed by atoms with Crippen LogP contribution in [-0.2, 0) is 0 Å². The van der Waals surface area contributed by atoms with Gasteiger partial charge in [-0.15, -0.1) is 0 Å². The quantitative estimate of drug-likeness (QED) is 0.198. The first-order chi connectivity index (χ1) is 23.3. The maximum atomic E-state index is 6.76. The van der Waals surface area contributed by atoms with Gasteiger partial charge >= 0.3 is 0 Å². The molecule has 0 N–H and O–H groups in total. The lowest BCUT2D eigenvalue weighted by Gasteiger charge is -2.23. The van der Waals surface area contributed by atoms with Crippen LogP contribution < -0.4 is 4.74 Å². The van der Waals surface area contributed by atoms with Crippen LogP contribution in [0.25, 0.3) is 93.8 Å². The molecule has 3 aromatic heterocycles. The van der Waals surface area contributed by atoms with E-state index < -0.39 is 0 Å². The average Bonchev–Trinajstić information content (AvgIpc) is 3.69. The Morgan fingerprint density at radius 2 is 1.21 bits per heavy atom. The van der Waals surface area contributed by atoms with Gasteiger partial charge in [0.25, 0.3) is 0 Å². The Labute approximate surface area is 267 Å². The molecular formula is C42H23N3O2. The van der Waals surface area contributed by atoms with Gasteiger partial charge in [-0.25, -0.2) is 9.97 Å². The molecule has 0 aliphatic carbocycles. The van der Waals surface area contributed by atoms with E-state index in [1.165, 1.54) is 10.8 Å². The van der Waals surface area contributed by atoms with E-state index in [4.69, 9.17) is 19.1 Å². The molecule has 0 radical (unpaired) electrons. The minimum absolute atomic E-state index is 0.589. The Hall–Kier alpha value is -6.46. The number of ether oxygens (including phenoxy) is 1. The van der Waals surface area contributed by atoms with Gasteiger partial charge in [0.2, 0.25) is 5.95 Å². The molecule has 7 aromatic carbocycles. The van der Waals surface area contributed by atoms with E-state index in [1.54, 1.807) is 0 Å². The van der Waals surface area contributed by atoms with E-state index in [1.807, 2.05) is 48.5 Å². The first kappa shape index (κ1) is 24.8. The maximum absolute atomic E-state index is 6.76. The third-order valence-corrected chi connectivity index (χ3v) is 9.59. The number of aromatic nitrogens is 3. The molecule has 5 heteroatoms. The predicted octanol–water partition coefficient (Wildman–Crippen LogP) is 11.2. The van der Waals surface area contributed by atoms with E-state index in [0.29, 0.717) is 5.95 Å². The summed E-state index contributed by atoms with van der Waals surface area (Å²) in [5.74, 6) is 2.15. The first-order valence-electron chi connectivity index (χ1n) is 15.8. The summed E-state index contributed by atoms with van der Waals surface area (Å²) >= 11 is 0. The highest BCUT2D eigenvalue weighted by atomic mass is 16.5. The monoisotopic (exact) mass is 601 g/mol. The van der Waals surface area contributed by atoms with E-state index in [0.717, 1.165) is 88.5 Å². The van der Waals surface area contributed by atoms with Crippen molar-refractivity contribution in [3.63, 3.8) is 0 Å². The van der Waals surface area contributed by atoms with Crippen molar-refractivity contribution in [1.82, 2.24) is 14.5 Å². The number of hydrogen-bond donors (Lipinski definition) is 0. The van der Waals surface area contributed by atoms with Crippen LogP contribution in [0.2, 0.25) is 0 Å². The van der Waals surface area contributed by atoms with Crippen LogP contribution >= 0.6 is 0 Å². The Bertz CT molecular complexity index is 2940. The summed E-state index contributed by atoms with van der Waals surface area (Å²) in [6.07, 6.45) is 0. The molecule has 11 rings (SSSR count). The smallest absolute Gasteiger partial charge is 0.235 e. The highest BCUT2D eigenvalue weighted by molar-refractivity contribution is 6.35. The van der Waals surface area contributed by atoms with Crippen molar-refractivity contribution in [2.75, 3.05) is 0 Å². The zero-order valence-electron chi connectivity index (χ0n) is 24.9. The minimum atomic E-state index is 0.589. The fourth-order valence-electron chi connectivity index (χ4n) is 7.62. The summed E-state index contributed by atoms with van der Waals surface area (Å²) in [7, 11) is 0. The molecular weight excluding hydrogens is 578 g/mol. The SMILES string of the molecule is c1ccc(-c2ccc3nc(-n4c5ccccc5c5c6ccccc6c6c7ccccc7oc6c54)nc4c3c2Oc2ccccc2-4)cc1. The first-order valence-corrected chi connectivity index (χ1v) is 15.8. The van der Waals surface area contributed by atoms with Crippen LogP contribution in [0.3, 0.4) is 0 Å². The Morgan fingerprint density at radius 3 is 2.09 bits per heavy atom. The molecule has 0 spiro atoms. The van der Waals surface area contributed by atoms with E-state index in [9.17, 15) is 0 Å². The summed E-state index contributed by atoms with van der Waals surface area (Å²) in [4.78, 5) is 10.7. The van der Waals surface area contributed by atoms with Gasteiger partial charge in [-0.2, -0.15) is 0 Å². The highest BCUT2D eigenvalue weighted by Gasteiger charge is 2.28. The van der Waals surface area contributed by atoms with Crippen molar-refractivity contribution >= 4 is 65.4 Å². The standard InChI is InChI=1S/C42H23N3O2/c1-2-12-24(13-3-1)25-22-23-31-37-38(30-18-8-11-21-34(30)46-40(25)37)44-42(43-31)45-32-19-9-6-16-28(32)35-26-14-4-5-15-27(26)36-29-17-7-10-20-33(29)47-41(36)39(35)45/h1-23H. The lowest BCUT2D eigenvalue weighted by molar-refractivity contribution is 0.488. The van der Waals surface area contributed by atoms with Crippen molar-refractivity contribution in [2.24, 2.45) is 0 Å². The number of benzene rings is 7. The number of fused-ring (bicyclic) bond motifs is 12. The van der Waals surface area contributed by atoms with E-state index in [2.05, 4.69) is 95.6 Å². The molecule has 218 valence electrons. The molecule has 0 bridgehead atoms. The van der Waals surface area contributed by atoms with Crippen LogP contribution in [-0.4, -0.2) is 14.5 Å². The molecule has 0 saturated carbocycles. The van der Waals surface area contributed by atoms with E-state index in [-0.39, 0.29) is 0 Å². The van der Waals surface area contributed by atoms with Crippen molar-refractivity contribution in [3.8, 4) is 39.8 Å². The molecule has 1 aliphatic rings. The Kier molecular flexibility index (Phi) is 4.78. The number of para-hydroxylation sites is 3. The molecule has 5 nitrogen and oxygen atoms in total. The topological polar surface area (TPSA) is 53.1 Å². The second-order valence-electron chi connectivity index (χ2n) is 12.1. The fraction of sp³-hybridized carbons (Fsp3) is 0. The van der Waals surface area contributed by atoms with Gasteiger partial charge in [-0.05, 0) is 52.7 Å². The molecule has 4 heterocycles. The van der Waals surface area contributed by atoms with E-state index >= 15 is 0 Å². The Morgan fingerprint density at radius 1 is 0.511 bits per heavy atom. The molecule has 47 heavy (non-hydrogen) atoms. The van der Waals surface area contributed by atoms with Gasteiger partial charge < -0.3 is 9.15 Å². The van der Waals surface area contributed by atoms with Gasteiger partial charge in [-0.3, -0.25) is 4.57 Å². The van der Waals surface area contributed by atoms with Crippen LogP contribution in [0.4, 0.5) is 0 Å². The third-order valence-electron chi connectivity index (χ3n) is 9.59. The second-order valence-corrected chi connectivity index (χ2v) is 12.1. The molecule has 0 unspecified atom stereocenters.